The highest BCUT2D eigenvalue weighted by molar-refractivity contribution is 6.16. The maximum atomic E-state index is 5.42. The molecule has 1 heterocycles. The summed E-state index contributed by atoms with van der Waals surface area (Å²) in [5.41, 5.74) is 0.796. The van der Waals surface area contributed by atoms with Crippen molar-refractivity contribution < 1.29 is 4.52 Å². The van der Waals surface area contributed by atoms with Crippen LogP contribution in [0, 0.1) is 6.92 Å². The monoisotopic (exact) mass is 167 g/mol. The van der Waals surface area contributed by atoms with E-state index in [9.17, 15) is 0 Å². The summed E-state index contributed by atoms with van der Waals surface area (Å²) in [4.78, 5) is 0. The average molecular weight is 168 g/mol. The number of hydrogen-bond acceptors (Lipinski definition) is 2. The van der Waals surface area contributed by atoms with Crippen LogP contribution in [-0.4, -0.2) is 5.16 Å². The molecule has 2 nitrogen and oxygen atoms in total. The topological polar surface area (TPSA) is 26.0 Å². The van der Waals surface area contributed by atoms with Gasteiger partial charge in [0.1, 0.15) is 5.76 Å². The van der Waals surface area contributed by atoms with Gasteiger partial charge in [-0.25, -0.2) is 0 Å². The second kappa shape index (κ2) is 3.75. The van der Waals surface area contributed by atoms with E-state index in [1.165, 1.54) is 0 Å². The molecule has 0 bridgehead atoms. The Balaban J connectivity index is 0.000000640. The van der Waals surface area contributed by atoms with Crippen LogP contribution in [0.5, 0.6) is 0 Å². The van der Waals surface area contributed by atoms with Gasteiger partial charge in [-0.1, -0.05) is 5.16 Å². The Bertz CT molecular complexity index is 175. The van der Waals surface area contributed by atoms with E-state index in [-0.39, 0.29) is 12.4 Å². The molecule has 0 aromatic carbocycles. The Morgan fingerprint density at radius 2 is 2.44 bits per heavy atom. The van der Waals surface area contributed by atoms with Crippen LogP contribution in [0.4, 0.5) is 0 Å². The third kappa shape index (κ3) is 2.24. The lowest BCUT2D eigenvalue weighted by atomic mass is 10.4. The molecule has 0 N–H and O–H groups in total. The van der Waals surface area contributed by atoms with Crippen LogP contribution >= 0.6 is 24.0 Å². The first kappa shape index (κ1) is 8.79. The molecule has 0 unspecified atom stereocenters. The highest BCUT2D eigenvalue weighted by Crippen LogP contribution is 2.02. The normalized spacial score (nSPS) is 8.67. The standard InChI is InChI=1S/C5H6ClNO.ClH/c1-4-2-5(3-6)7-8-4;/h2H,3H2,1H3;1H. The van der Waals surface area contributed by atoms with Crippen LogP contribution in [0.3, 0.4) is 0 Å². The van der Waals surface area contributed by atoms with E-state index in [1.54, 1.807) is 0 Å². The third-order valence-corrected chi connectivity index (χ3v) is 1.09. The SMILES string of the molecule is Cc1cc(CCl)no1.Cl. The van der Waals surface area contributed by atoms with Gasteiger partial charge >= 0.3 is 0 Å². The second-order valence-electron chi connectivity index (χ2n) is 1.56. The van der Waals surface area contributed by atoms with Crippen LogP contribution < -0.4 is 0 Å². The Morgan fingerprint density at radius 1 is 1.78 bits per heavy atom. The molecule has 1 rings (SSSR count). The Hall–Kier alpha value is -0.210. The van der Waals surface area contributed by atoms with Crippen LogP contribution in [0.2, 0.25) is 0 Å². The van der Waals surface area contributed by atoms with Gasteiger partial charge in [-0.2, -0.15) is 0 Å². The molecule has 52 valence electrons. The summed E-state index contributed by atoms with van der Waals surface area (Å²) < 4.78 is 4.72. The number of rotatable bonds is 1. The quantitative estimate of drug-likeness (QED) is 0.600. The van der Waals surface area contributed by atoms with Gasteiger partial charge in [0.15, 0.2) is 0 Å². The fraction of sp³-hybridized carbons (Fsp3) is 0.400. The molecular formula is C5H7Cl2NO. The molecule has 0 fully saturated rings. The zero-order chi connectivity index (χ0) is 5.98. The third-order valence-electron chi connectivity index (χ3n) is 0.814. The van der Waals surface area contributed by atoms with E-state index < -0.39 is 0 Å². The molecule has 0 aliphatic rings. The van der Waals surface area contributed by atoms with Crippen LogP contribution in [-0.2, 0) is 5.88 Å². The summed E-state index contributed by atoms with van der Waals surface area (Å²) >= 11 is 5.42. The number of aryl methyl sites for hydroxylation is 1. The molecule has 0 spiro atoms. The first-order valence-electron chi connectivity index (χ1n) is 2.31. The number of aromatic nitrogens is 1. The molecule has 0 amide bonds. The molecule has 0 saturated heterocycles. The molecular weight excluding hydrogens is 161 g/mol. The summed E-state index contributed by atoms with van der Waals surface area (Å²) in [6, 6.07) is 1.81. The fourth-order valence-corrected chi connectivity index (χ4v) is 0.607. The zero-order valence-corrected chi connectivity index (χ0v) is 6.50. The van der Waals surface area contributed by atoms with Crippen molar-refractivity contribution in [3.8, 4) is 0 Å². The molecule has 0 radical (unpaired) electrons. The summed E-state index contributed by atoms with van der Waals surface area (Å²) in [6.07, 6.45) is 0. The first-order chi connectivity index (χ1) is 3.83. The van der Waals surface area contributed by atoms with E-state index in [2.05, 4.69) is 5.16 Å². The van der Waals surface area contributed by atoms with E-state index in [0.717, 1.165) is 11.5 Å². The lowest BCUT2D eigenvalue weighted by Gasteiger charge is -1.72. The Morgan fingerprint density at radius 3 is 2.67 bits per heavy atom. The molecule has 0 aliphatic heterocycles. The van der Waals surface area contributed by atoms with Gasteiger partial charge in [-0.05, 0) is 6.92 Å². The van der Waals surface area contributed by atoms with Crippen molar-refractivity contribution in [3.63, 3.8) is 0 Å². The molecule has 0 atom stereocenters. The van der Waals surface area contributed by atoms with E-state index in [1.807, 2.05) is 13.0 Å². The van der Waals surface area contributed by atoms with E-state index in [4.69, 9.17) is 16.1 Å². The van der Waals surface area contributed by atoms with Gasteiger partial charge in [0, 0.05) is 6.07 Å². The molecule has 0 saturated carbocycles. The van der Waals surface area contributed by atoms with Crippen molar-refractivity contribution in [2.24, 2.45) is 0 Å². The smallest absolute Gasteiger partial charge is 0.133 e. The van der Waals surface area contributed by atoms with Crippen LogP contribution in [0.1, 0.15) is 11.5 Å². The number of hydrogen-bond donors (Lipinski definition) is 0. The molecule has 9 heavy (non-hydrogen) atoms. The van der Waals surface area contributed by atoms with E-state index >= 15 is 0 Å². The van der Waals surface area contributed by atoms with Gasteiger partial charge in [-0.3, -0.25) is 0 Å². The average Bonchev–Trinajstić information content (AvgIpc) is 2.14. The van der Waals surface area contributed by atoms with Gasteiger partial charge in [0.2, 0.25) is 0 Å². The molecule has 0 aliphatic carbocycles. The molecule has 1 aromatic heterocycles. The fourth-order valence-electron chi connectivity index (χ4n) is 0.481. The van der Waals surface area contributed by atoms with Gasteiger partial charge in [0.05, 0.1) is 11.6 Å². The second-order valence-corrected chi connectivity index (χ2v) is 1.83. The maximum absolute atomic E-state index is 5.42. The van der Waals surface area contributed by atoms with Crippen molar-refractivity contribution in [1.29, 1.82) is 0 Å². The maximum Gasteiger partial charge on any atom is 0.133 e. The molecule has 1 aromatic rings. The van der Waals surface area contributed by atoms with Crippen molar-refractivity contribution in [2.45, 2.75) is 12.8 Å². The van der Waals surface area contributed by atoms with Crippen LogP contribution in [0.15, 0.2) is 10.6 Å². The number of alkyl halides is 1. The van der Waals surface area contributed by atoms with Crippen LogP contribution in [0.25, 0.3) is 0 Å². The van der Waals surface area contributed by atoms with Crippen molar-refractivity contribution in [1.82, 2.24) is 5.16 Å². The highest BCUT2D eigenvalue weighted by Gasteiger charge is 1.94. The van der Waals surface area contributed by atoms with E-state index in [0.29, 0.717) is 5.88 Å². The largest absolute Gasteiger partial charge is 0.361 e. The number of halogens is 2. The first-order valence-corrected chi connectivity index (χ1v) is 2.84. The van der Waals surface area contributed by atoms with Gasteiger partial charge in [0.25, 0.3) is 0 Å². The lowest BCUT2D eigenvalue weighted by Crippen LogP contribution is -1.70. The number of nitrogens with zero attached hydrogens (tertiary/aromatic N) is 1. The summed E-state index contributed by atoms with van der Waals surface area (Å²) in [5.74, 6) is 1.23. The molecule has 4 heteroatoms. The van der Waals surface area contributed by atoms with Gasteiger partial charge in [-0.15, -0.1) is 24.0 Å². The zero-order valence-electron chi connectivity index (χ0n) is 4.93. The predicted octanol–water partition coefficient (Wildman–Crippen LogP) is 2.14. The summed E-state index contributed by atoms with van der Waals surface area (Å²) in [7, 11) is 0. The highest BCUT2D eigenvalue weighted by atomic mass is 35.5. The van der Waals surface area contributed by atoms with Crippen molar-refractivity contribution >= 4 is 24.0 Å². The Kier molecular flexibility index (Phi) is 3.66. The lowest BCUT2D eigenvalue weighted by molar-refractivity contribution is 0.392. The minimum atomic E-state index is 0. The predicted molar refractivity (Wildman–Crippen MR) is 38.0 cm³/mol. The van der Waals surface area contributed by atoms with Crippen molar-refractivity contribution in [3.05, 3.63) is 17.5 Å². The van der Waals surface area contributed by atoms with Gasteiger partial charge < -0.3 is 4.52 Å². The van der Waals surface area contributed by atoms with Crippen molar-refractivity contribution in [2.75, 3.05) is 0 Å². The summed E-state index contributed by atoms with van der Waals surface area (Å²) in [5, 5.41) is 3.63. The minimum Gasteiger partial charge on any atom is -0.361 e. The summed E-state index contributed by atoms with van der Waals surface area (Å²) in [6.45, 7) is 1.84. The minimum absolute atomic E-state index is 0. The Labute approximate surface area is 64.6 Å².